The Hall–Kier alpha value is -2.74. The minimum atomic E-state index is -4.58. The van der Waals surface area contributed by atoms with Gasteiger partial charge in [0.05, 0.1) is 0 Å². The second-order valence-electron chi connectivity index (χ2n) is 6.46. The maximum atomic E-state index is 12.0. The largest absolute Gasteiger partial charge is 0.295 e. The average molecular weight is 507 g/mol. The van der Waals surface area contributed by atoms with E-state index in [0.29, 0.717) is 21.1 Å². The van der Waals surface area contributed by atoms with E-state index in [2.05, 4.69) is 9.97 Å². The highest BCUT2D eigenvalue weighted by Crippen LogP contribution is 2.30. The minimum Gasteiger partial charge on any atom is -0.282 e. The smallest absolute Gasteiger partial charge is 0.282 e. The van der Waals surface area contributed by atoms with E-state index in [1.807, 2.05) is 0 Å². The summed E-state index contributed by atoms with van der Waals surface area (Å²) >= 11 is 2.62. The Morgan fingerprint density at radius 3 is 1.41 bits per heavy atom. The fourth-order valence-corrected chi connectivity index (χ4v) is 5.66. The third-order valence-electron chi connectivity index (χ3n) is 4.38. The second-order valence-corrected chi connectivity index (χ2v) is 11.0. The van der Waals surface area contributed by atoms with Crippen LogP contribution in [0.1, 0.15) is 11.1 Å². The zero-order valence-electron chi connectivity index (χ0n) is 16.0. The van der Waals surface area contributed by atoms with E-state index in [-0.39, 0.29) is 20.9 Å². The van der Waals surface area contributed by atoms with Crippen LogP contribution in [0.4, 0.5) is 0 Å². The SMILES string of the molecule is O=S(=O)(O)c1cc(-c2nccs2)ccc1C=Cc1ccc(-c2nccs2)cc1S(=O)(=O)O. The summed E-state index contributed by atoms with van der Waals surface area (Å²) in [5.41, 5.74) is 1.29. The zero-order valence-corrected chi connectivity index (χ0v) is 19.2. The molecular weight excluding hydrogens is 492 g/mol. The van der Waals surface area contributed by atoms with Crippen molar-refractivity contribution in [2.24, 2.45) is 0 Å². The molecule has 0 bridgehead atoms. The molecule has 0 radical (unpaired) electrons. The second kappa shape index (κ2) is 8.65. The van der Waals surface area contributed by atoms with Gasteiger partial charge in [0.2, 0.25) is 0 Å². The molecular formula is C20H14N2O6S4. The molecule has 4 rings (SSSR count). The molecule has 0 aliphatic rings. The Kier molecular flexibility index (Phi) is 6.07. The predicted molar refractivity (Wildman–Crippen MR) is 124 cm³/mol. The van der Waals surface area contributed by atoms with Crippen molar-refractivity contribution in [2.45, 2.75) is 9.79 Å². The summed E-state index contributed by atoms with van der Waals surface area (Å²) in [7, 11) is -9.15. The summed E-state index contributed by atoms with van der Waals surface area (Å²) < 4.78 is 67.2. The predicted octanol–water partition coefficient (Wildman–Crippen LogP) is 4.60. The van der Waals surface area contributed by atoms with Gasteiger partial charge in [-0.3, -0.25) is 9.11 Å². The van der Waals surface area contributed by atoms with Crippen LogP contribution in [-0.4, -0.2) is 35.9 Å². The number of benzene rings is 2. The molecule has 0 spiro atoms. The lowest BCUT2D eigenvalue weighted by molar-refractivity contribution is 0.480. The average Bonchev–Trinajstić information content (AvgIpc) is 3.45. The van der Waals surface area contributed by atoms with Gasteiger partial charge in [0.15, 0.2) is 0 Å². The number of aromatic nitrogens is 2. The Bertz CT molecular complexity index is 1390. The molecule has 2 aromatic heterocycles. The van der Waals surface area contributed by atoms with Gasteiger partial charge in [-0.1, -0.05) is 36.4 Å². The third kappa shape index (κ3) is 4.85. The number of hydrogen-bond acceptors (Lipinski definition) is 8. The number of rotatable bonds is 6. The maximum absolute atomic E-state index is 12.0. The van der Waals surface area contributed by atoms with Gasteiger partial charge in [0.1, 0.15) is 19.8 Å². The van der Waals surface area contributed by atoms with Crippen LogP contribution < -0.4 is 0 Å². The molecule has 4 aromatic rings. The van der Waals surface area contributed by atoms with Crippen LogP contribution >= 0.6 is 22.7 Å². The Labute approximate surface area is 192 Å². The third-order valence-corrected chi connectivity index (χ3v) is 7.85. The summed E-state index contributed by atoms with van der Waals surface area (Å²) in [6.07, 6.45) is 5.85. The topological polar surface area (TPSA) is 135 Å². The first-order valence-electron chi connectivity index (χ1n) is 8.84. The van der Waals surface area contributed by atoms with Crippen LogP contribution in [-0.2, 0) is 20.2 Å². The van der Waals surface area contributed by atoms with E-state index in [1.165, 1.54) is 59.1 Å². The van der Waals surface area contributed by atoms with Gasteiger partial charge in [-0.05, 0) is 23.3 Å². The van der Waals surface area contributed by atoms with Crippen LogP contribution in [0.3, 0.4) is 0 Å². The first kappa shape index (κ1) is 22.5. The lowest BCUT2D eigenvalue weighted by atomic mass is 10.1. The first-order valence-corrected chi connectivity index (χ1v) is 13.5. The molecule has 0 atom stereocenters. The van der Waals surface area contributed by atoms with Crippen molar-refractivity contribution in [3.63, 3.8) is 0 Å². The van der Waals surface area contributed by atoms with Crippen molar-refractivity contribution in [2.75, 3.05) is 0 Å². The molecule has 0 saturated carbocycles. The van der Waals surface area contributed by atoms with Gasteiger partial charge in [-0.2, -0.15) is 16.8 Å². The van der Waals surface area contributed by atoms with Crippen molar-refractivity contribution in [1.29, 1.82) is 0 Å². The van der Waals surface area contributed by atoms with Crippen molar-refractivity contribution in [3.8, 4) is 21.1 Å². The monoisotopic (exact) mass is 506 g/mol. The summed E-state index contributed by atoms with van der Waals surface area (Å²) in [5.74, 6) is 0. The van der Waals surface area contributed by atoms with Gasteiger partial charge >= 0.3 is 0 Å². The lowest BCUT2D eigenvalue weighted by Gasteiger charge is -2.08. The molecule has 12 heteroatoms. The van der Waals surface area contributed by atoms with Gasteiger partial charge in [0, 0.05) is 34.3 Å². The molecule has 32 heavy (non-hydrogen) atoms. The van der Waals surface area contributed by atoms with E-state index in [9.17, 15) is 25.9 Å². The zero-order chi connectivity index (χ0) is 22.9. The molecule has 0 saturated heterocycles. The summed E-state index contributed by atoms with van der Waals surface area (Å²) in [6.45, 7) is 0. The van der Waals surface area contributed by atoms with E-state index >= 15 is 0 Å². The summed E-state index contributed by atoms with van der Waals surface area (Å²) in [5, 5.41) is 4.64. The highest BCUT2D eigenvalue weighted by Gasteiger charge is 2.18. The normalized spacial score (nSPS) is 12.4. The van der Waals surface area contributed by atoms with Gasteiger partial charge < -0.3 is 0 Å². The quantitative estimate of drug-likeness (QED) is 0.286. The van der Waals surface area contributed by atoms with Crippen LogP contribution in [0.2, 0.25) is 0 Å². The van der Waals surface area contributed by atoms with Crippen LogP contribution in [0.15, 0.2) is 69.3 Å². The van der Waals surface area contributed by atoms with E-state index in [1.54, 1.807) is 35.3 Å². The van der Waals surface area contributed by atoms with Crippen LogP contribution in [0, 0.1) is 0 Å². The van der Waals surface area contributed by atoms with Gasteiger partial charge in [-0.15, -0.1) is 22.7 Å². The van der Waals surface area contributed by atoms with Crippen molar-refractivity contribution < 1.29 is 25.9 Å². The van der Waals surface area contributed by atoms with Crippen molar-refractivity contribution in [3.05, 3.63) is 70.7 Å². The van der Waals surface area contributed by atoms with E-state index in [4.69, 9.17) is 0 Å². The first-order chi connectivity index (χ1) is 15.1. The summed E-state index contributed by atoms with van der Waals surface area (Å²) in [4.78, 5) is 7.55. The molecule has 2 aromatic carbocycles. The minimum absolute atomic E-state index is 0.137. The van der Waals surface area contributed by atoms with Crippen LogP contribution in [0.25, 0.3) is 33.3 Å². The fraction of sp³-hybridized carbons (Fsp3) is 0. The molecule has 2 heterocycles. The highest BCUT2D eigenvalue weighted by atomic mass is 32.2. The molecule has 0 aliphatic heterocycles. The maximum Gasteiger partial charge on any atom is 0.295 e. The fourth-order valence-electron chi connectivity index (χ4n) is 2.97. The number of hydrogen-bond donors (Lipinski definition) is 2. The molecule has 164 valence electrons. The molecule has 0 fully saturated rings. The van der Waals surface area contributed by atoms with Crippen LogP contribution in [0.5, 0.6) is 0 Å². The van der Waals surface area contributed by atoms with Crippen molar-refractivity contribution >= 4 is 55.1 Å². The van der Waals surface area contributed by atoms with E-state index in [0.717, 1.165) is 0 Å². The molecule has 8 nitrogen and oxygen atoms in total. The van der Waals surface area contributed by atoms with E-state index < -0.39 is 20.2 Å². The van der Waals surface area contributed by atoms with Crippen molar-refractivity contribution in [1.82, 2.24) is 9.97 Å². The highest BCUT2D eigenvalue weighted by molar-refractivity contribution is 7.86. The Balaban J connectivity index is 1.79. The number of thiazole rings is 2. The van der Waals surface area contributed by atoms with Gasteiger partial charge in [0.25, 0.3) is 20.2 Å². The molecule has 2 N–H and O–H groups in total. The summed E-state index contributed by atoms with van der Waals surface area (Å²) in [6, 6.07) is 8.83. The number of nitrogens with zero attached hydrogens (tertiary/aromatic N) is 2. The molecule has 0 aliphatic carbocycles. The standard InChI is InChI=1S/C20H14N2O6S4/c23-31(24,25)17-11-15(19-21-7-9-29-19)5-3-13(17)1-2-14-4-6-16(20-22-8-10-30-20)12-18(14)32(26,27)28/h1-12H,(H,23,24,25)(H,26,27,28). The van der Waals surface area contributed by atoms with Gasteiger partial charge in [-0.25, -0.2) is 9.97 Å². The molecule has 0 unspecified atom stereocenters. The Morgan fingerprint density at radius 1 is 0.688 bits per heavy atom. The lowest BCUT2D eigenvalue weighted by Crippen LogP contribution is -2.02. The molecule has 0 amide bonds. The Morgan fingerprint density at radius 2 is 1.09 bits per heavy atom.